The van der Waals surface area contributed by atoms with Gasteiger partial charge in [-0.15, -0.1) is 0 Å². The Morgan fingerprint density at radius 3 is 2.54 bits per heavy atom. The van der Waals surface area contributed by atoms with Crippen LogP contribution in [0.1, 0.15) is 26.7 Å². The summed E-state index contributed by atoms with van der Waals surface area (Å²) in [6.45, 7) is 7.00. The second-order valence-corrected chi connectivity index (χ2v) is 3.98. The van der Waals surface area contributed by atoms with E-state index in [1.165, 1.54) is 18.4 Å². The van der Waals surface area contributed by atoms with Gasteiger partial charge in [0.1, 0.15) is 0 Å². The highest BCUT2D eigenvalue weighted by molar-refractivity contribution is 5.10. The van der Waals surface area contributed by atoms with Gasteiger partial charge in [0.2, 0.25) is 0 Å². The first-order valence-corrected chi connectivity index (χ1v) is 5.23. The van der Waals surface area contributed by atoms with Gasteiger partial charge in [-0.2, -0.15) is 0 Å². The number of nitrogens with two attached hydrogens (primary N) is 1. The lowest BCUT2D eigenvalue weighted by molar-refractivity contribution is 0.0736. The van der Waals surface area contributed by atoms with Gasteiger partial charge >= 0.3 is 0 Å². The summed E-state index contributed by atoms with van der Waals surface area (Å²) in [6, 6.07) is 0. The molecule has 1 heterocycles. The summed E-state index contributed by atoms with van der Waals surface area (Å²) >= 11 is 0. The minimum absolute atomic E-state index is 0.631. The van der Waals surface area contributed by atoms with E-state index in [9.17, 15) is 0 Å². The third-order valence-electron chi connectivity index (χ3n) is 2.71. The highest BCUT2D eigenvalue weighted by atomic mass is 16.5. The topological polar surface area (TPSA) is 35.2 Å². The van der Waals surface area contributed by atoms with Crippen molar-refractivity contribution in [3.8, 4) is 0 Å². The van der Waals surface area contributed by atoms with Crippen LogP contribution < -0.4 is 5.73 Å². The Hall–Kier alpha value is -0.340. The van der Waals surface area contributed by atoms with E-state index in [0.29, 0.717) is 12.5 Å². The molecule has 0 aromatic rings. The summed E-state index contributed by atoms with van der Waals surface area (Å²) in [5.41, 5.74) is 7.10. The van der Waals surface area contributed by atoms with Crippen molar-refractivity contribution < 1.29 is 4.74 Å². The average molecular weight is 183 g/mol. The zero-order valence-electron chi connectivity index (χ0n) is 8.75. The van der Waals surface area contributed by atoms with Gasteiger partial charge in [0.05, 0.1) is 0 Å². The van der Waals surface area contributed by atoms with Crippen molar-refractivity contribution in [3.05, 3.63) is 11.6 Å². The molecule has 1 saturated heterocycles. The van der Waals surface area contributed by atoms with Gasteiger partial charge in [-0.1, -0.05) is 25.5 Å². The van der Waals surface area contributed by atoms with Gasteiger partial charge in [0.25, 0.3) is 0 Å². The van der Waals surface area contributed by atoms with E-state index in [0.717, 1.165) is 19.1 Å². The Morgan fingerprint density at radius 1 is 1.46 bits per heavy atom. The molecule has 1 aliphatic heterocycles. The third kappa shape index (κ3) is 3.12. The van der Waals surface area contributed by atoms with Crippen LogP contribution in [0.25, 0.3) is 0 Å². The molecule has 76 valence electrons. The summed E-state index contributed by atoms with van der Waals surface area (Å²) in [7, 11) is 0. The Kier molecular flexibility index (Phi) is 4.46. The molecule has 1 fully saturated rings. The molecule has 1 rings (SSSR count). The maximum atomic E-state index is 5.57. The summed E-state index contributed by atoms with van der Waals surface area (Å²) in [5, 5.41) is 0. The first-order valence-electron chi connectivity index (χ1n) is 5.23. The van der Waals surface area contributed by atoms with E-state index >= 15 is 0 Å². The van der Waals surface area contributed by atoms with Crippen LogP contribution in [-0.2, 0) is 4.74 Å². The number of allylic oxidation sites excluding steroid dienone is 1. The van der Waals surface area contributed by atoms with Crippen molar-refractivity contribution >= 4 is 0 Å². The van der Waals surface area contributed by atoms with Crippen LogP contribution in [0.5, 0.6) is 0 Å². The fourth-order valence-electron chi connectivity index (χ4n) is 2.04. The molecule has 0 aliphatic carbocycles. The Bertz CT molecular complexity index is 169. The zero-order chi connectivity index (χ0) is 9.68. The quantitative estimate of drug-likeness (QED) is 0.679. The predicted octanol–water partition coefficient (Wildman–Crippen LogP) is 1.95. The lowest BCUT2D eigenvalue weighted by atomic mass is 9.84. The second-order valence-electron chi connectivity index (χ2n) is 3.98. The number of ether oxygens (including phenoxy) is 1. The first-order chi connectivity index (χ1) is 6.25. The van der Waals surface area contributed by atoms with Gasteiger partial charge in [-0.05, 0) is 24.7 Å². The van der Waals surface area contributed by atoms with Crippen molar-refractivity contribution in [3.63, 3.8) is 0 Å². The average Bonchev–Trinajstić information content (AvgIpc) is 2.15. The monoisotopic (exact) mass is 183 g/mol. The highest BCUT2D eigenvalue weighted by Crippen LogP contribution is 2.28. The van der Waals surface area contributed by atoms with E-state index in [4.69, 9.17) is 10.5 Å². The van der Waals surface area contributed by atoms with E-state index in [2.05, 4.69) is 19.9 Å². The van der Waals surface area contributed by atoms with Crippen molar-refractivity contribution in [2.45, 2.75) is 26.7 Å². The standard InChI is InChI=1S/C11H21NO/c1-9(2)11(3-6-12)10-4-7-13-8-5-10/h3,9-10H,4-8,12H2,1-2H3/b11-3+. The van der Waals surface area contributed by atoms with Gasteiger partial charge in [0.15, 0.2) is 0 Å². The minimum atomic E-state index is 0.631. The second kappa shape index (κ2) is 5.40. The predicted molar refractivity (Wildman–Crippen MR) is 55.5 cm³/mol. The number of rotatable bonds is 3. The molecule has 0 bridgehead atoms. The van der Waals surface area contributed by atoms with Crippen molar-refractivity contribution in [1.82, 2.24) is 0 Å². The van der Waals surface area contributed by atoms with E-state index in [1.807, 2.05) is 0 Å². The molecule has 0 radical (unpaired) electrons. The molecule has 0 saturated carbocycles. The Labute approximate surface area is 81.1 Å². The summed E-state index contributed by atoms with van der Waals surface area (Å²) in [5.74, 6) is 1.35. The molecule has 2 N–H and O–H groups in total. The molecule has 13 heavy (non-hydrogen) atoms. The lowest BCUT2D eigenvalue weighted by Gasteiger charge is -2.27. The maximum absolute atomic E-state index is 5.57. The van der Waals surface area contributed by atoms with E-state index < -0.39 is 0 Å². The van der Waals surface area contributed by atoms with E-state index in [1.54, 1.807) is 0 Å². The molecule has 1 aliphatic rings. The maximum Gasteiger partial charge on any atom is 0.0471 e. The minimum Gasteiger partial charge on any atom is -0.381 e. The van der Waals surface area contributed by atoms with Gasteiger partial charge < -0.3 is 10.5 Å². The fourth-order valence-corrected chi connectivity index (χ4v) is 2.04. The molecule has 0 amide bonds. The van der Waals surface area contributed by atoms with Gasteiger partial charge in [-0.3, -0.25) is 0 Å². The number of hydrogen-bond acceptors (Lipinski definition) is 2. The largest absolute Gasteiger partial charge is 0.381 e. The first kappa shape index (κ1) is 10.7. The molecule has 0 aromatic heterocycles. The lowest BCUT2D eigenvalue weighted by Crippen LogP contribution is -2.20. The molecule has 2 heteroatoms. The number of hydrogen-bond donors (Lipinski definition) is 1. The van der Waals surface area contributed by atoms with Crippen molar-refractivity contribution in [2.75, 3.05) is 19.8 Å². The van der Waals surface area contributed by atoms with Crippen LogP contribution in [0.15, 0.2) is 11.6 Å². The molecular formula is C11H21NO. The highest BCUT2D eigenvalue weighted by Gasteiger charge is 2.19. The molecule has 2 nitrogen and oxygen atoms in total. The van der Waals surface area contributed by atoms with Crippen molar-refractivity contribution in [2.24, 2.45) is 17.6 Å². The summed E-state index contributed by atoms with van der Waals surface area (Å²) in [4.78, 5) is 0. The zero-order valence-corrected chi connectivity index (χ0v) is 8.75. The molecule has 0 spiro atoms. The molecule has 0 aromatic carbocycles. The Morgan fingerprint density at radius 2 is 2.08 bits per heavy atom. The van der Waals surface area contributed by atoms with Gasteiger partial charge in [-0.25, -0.2) is 0 Å². The van der Waals surface area contributed by atoms with Crippen LogP contribution in [0.2, 0.25) is 0 Å². The SMILES string of the molecule is CC(C)/C(=C\CN)C1CCOCC1. The van der Waals surface area contributed by atoms with Crippen LogP contribution >= 0.6 is 0 Å². The van der Waals surface area contributed by atoms with Crippen LogP contribution in [0.4, 0.5) is 0 Å². The van der Waals surface area contributed by atoms with E-state index in [-0.39, 0.29) is 0 Å². The molecule has 0 unspecified atom stereocenters. The van der Waals surface area contributed by atoms with Gasteiger partial charge in [0, 0.05) is 19.8 Å². The smallest absolute Gasteiger partial charge is 0.0471 e. The molecular weight excluding hydrogens is 162 g/mol. The third-order valence-corrected chi connectivity index (χ3v) is 2.71. The normalized spacial score (nSPS) is 21.1. The van der Waals surface area contributed by atoms with Crippen molar-refractivity contribution in [1.29, 1.82) is 0 Å². The summed E-state index contributed by atoms with van der Waals surface area (Å²) < 4.78 is 5.35. The van der Waals surface area contributed by atoms with Crippen LogP contribution in [0.3, 0.4) is 0 Å². The van der Waals surface area contributed by atoms with Crippen LogP contribution in [0, 0.1) is 11.8 Å². The van der Waals surface area contributed by atoms with Crippen LogP contribution in [-0.4, -0.2) is 19.8 Å². The fraction of sp³-hybridized carbons (Fsp3) is 0.818. The Balaban J connectivity index is 2.57. The summed E-state index contributed by atoms with van der Waals surface area (Å²) in [6.07, 6.45) is 4.54. The molecule has 0 atom stereocenters.